The van der Waals surface area contributed by atoms with Crippen LogP contribution in [0.3, 0.4) is 0 Å². The minimum Gasteiger partial charge on any atom is -0.384 e. The molecular formula is C25H20N2. The molecule has 27 heavy (non-hydrogen) atoms. The molecule has 0 aliphatic carbocycles. The second-order valence-corrected chi connectivity index (χ2v) is 6.84. The van der Waals surface area contributed by atoms with Gasteiger partial charge < -0.3 is 5.32 Å². The minimum absolute atomic E-state index is 0.997. The first-order chi connectivity index (χ1) is 13.4. The molecule has 1 aliphatic rings. The van der Waals surface area contributed by atoms with Crippen molar-refractivity contribution in [2.45, 2.75) is 6.42 Å². The third-order valence-electron chi connectivity index (χ3n) is 5.15. The highest BCUT2D eigenvalue weighted by atomic mass is 14.9. The summed E-state index contributed by atoms with van der Waals surface area (Å²) in [6.07, 6.45) is 1.07. The number of aliphatic imine (C=N–C) groups is 1. The Morgan fingerprint density at radius 2 is 1.30 bits per heavy atom. The fourth-order valence-corrected chi connectivity index (χ4v) is 3.87. The summed E-state index contributed by atoms with van der Waals surface area (Å²) in [7, 11) is 0. The molecule has 4 aromatic carbocycles. The summed E-state index contributed by atoms with van der Waals surface area (Å²) in [4.78, 5) is 5.18. The van der Waals surface area contributed by atoms with Crippen molar-refractivity contribution < 1.29 is 0 Å². The summed E-state index contributed by atoms with van der Waals surface area (Å²) in [5, 5.41) is 6.03. The molecule has 5 rings (SSSR count). The van der Waals surface area contributed by atoms with E-state index in [1.165, 1.54) is 22.0 Å². The molecule has 0 atom stereocenters. The van der Waals surface area contributed by atoms with Gasteiger partial charge in [-0.25, -0.2) is 4.99 Å². The van der Waals surface area contributed by atoms with E-state index < -0.39 is 0 Å². The van der Waals surface area contributed by atoms with Crippen LogP contribution in [-0.4, -0.2) is 12.3 Å². The zero-order valence-electron chi connectivity index (χ0n) is 15.0. The third-order valence-corrected chi connectivity index (χ3v) is 5.15. The van der Waals surface area contributed by atoms with E-state index in [2.05, 4.69) is 84.2 Å². The van der Waals surface area contributed by atoms with Crippen LogP contribution in [0, 0.1) is 0 Å². The average Bonchev–Trinajstić information content (AvgIpc) is 3.22. The van der Waals surface area contributed by atoms with Crippen LogP contribution >= 0.6 is 0 Å². The van der Waals surface area contributed by atoms with Gasteiger partial charge in [0.2, 0.25) is 0 Å². The molecule has 1 aliphatic heterocycles. The van der Waals surface area contributed by atoms with Gasteiger partial charge >= 0.3 is 0 Å². The van der Waals surface area contributed by atoms with E-state index >= 15 is 0 Å². The lowest BCUT2D eigenvalue weighted by Gasteiger charge is -2.12. The predicted molar refractivity (Wildman–Crippen MR) is 114 cm³/mol. The molecule has 2 heteroatoms. The SMILES string of the molecule is c1ccc(C(=Nc2cc3c(c4ccccc24)CCN3)c2ccccc2)cc1. The Morgan fingerprint density at radius 3 is 1.96 bits per heavy atom. The summed E-state index contributed by atoms with van der Waals surface area (Å²) in [6, 6.07) is 31.7. The Morgan fingerprint density at radius 1 is 0.704 bits per heavy atom. The molecule has 0 saturated carbocycles. The molecule has 0 saturated heterocycles. The average molecular weight is 348 g/mol. The summed E-state index contributed by atoms with van der Waals surface area (Å²) < 4.78 is 0. The highest BCUT2D eigenvalue weighted by Gasteiger charge is 2.17. The van der Waals surface area contributed by atoms with Gasteiger partial charge in [0.25, 0.3) is 0 Å². The van der Waals surface area contributed by atoms with Crippen molar-refractivity contribution in [3.05, 3.63) is 108 Å². The minimum atomic E-state index is 0.997. The highest BCUT2D eigenvalue weighted by molar-refractivity contribution is 6.15. The molecule has 1 heterocycles. The van der Waals surface area contributed by atoms with Crippen molar-refractivity contribution in [3.8, 4) is 0 Å². The quantitative estimate of drug-likeness (QED) is 0.453. The number of benzene rings is 4. The van der Waals surface area contributed by atoms with Crippen molar-refractivity contribution in [1.29, 1.82) is 0 Å². The Kier molecular flexibility index (Phi) is 3.95. The molecule has 0 spiro atoms. The molecule has 1 N–H and O–H groups in total. The Hall–Kier alpha value is -3.39. The van der Waals surface area contributed by atoms with Crippen LogP contribution in [0.5, 0.6) is 0 Å². The first-order valence-corrected chi connectivity index (χ1v) is 9.38. The fourth-order valence-electron chi connectivity index (χ4n) is 3.87. The Bertz CT molecular complexity index is 1090. The smallest absolute Gasteiger partial charge is 0.0781 e. The summed E-state index contributed by atoms with van der Waals surface area (Å²) in [5.41, 5.74) is 6.89. The van der Waals surface area contributed by atoms with E-state index in [0.29, 0.717) is 0 Å². The Labute approximate surface area is 159 Å². The maximum atomic E-state index is 5.18. The zero-order valence-corrected chi connectivity index (χ0v) is 15.0. The van der Waals surface area contributed by atoms with Crippen LogP contribution in [-0.2, 0) is 6.42 Å². The monoisotopic (exact) mass is 348 g/mol. The lowest BCUT2D eigenvalue weighted by Crippen LogP contribution is -2.02. The summed E-state index contributed by atoms with van der Waals surface area (Å²) in [6.45, 7) is 0.997. The summed E-state index contributed by atoms with van der Waals surface area (Å²) >= 11 is 0. The van der Waals surface area contributed by atoms with Gasteiger partial charge in [0.15, 0.2) is 0 Å². The molecule has 0 radical (unpaired) electrons. The molecular weight excluding hydrogens is 328 g/mol. The van der Waals surface area contributed by atoms with Gasteiger partial charge in [-0.3, -0.25) is 0 Å². The lowest BCUT2D eigenvalue weighted by atomic mass is 9.99. The summed E-state index contributed by atoms with van der Waals surface area (Å²) in [5.74, 6) is 0. The second-order valence-electron chi connectivity index (χ2n) is 6.84. The van der Waals surface area contributed by atoms with Gasteiger partial charge in [0.1, 0.15) is 0 Å². The first-order valence-electron chi connectivity index (χ1n) is 9.38. The molecule has 0 bridgehead atoms. The van der Waals surface area contributed by atoms with E-state index in [1.807, 2.05) is 12.1 Å². The number of anilines is 1. The fraction of sp³-hybridized carbons (Fsp3) is 0.0800. The van der Waals surface area contributed by atoms with Gasteiger partial charge in [0.05, 0.1) is 11.4 Å². The number of rotatable bonds is 3. The number of fused-ring (bicyclic) bond motifs is 3. The maximum absolute atomic E-state index is 5.18. The highest BCUT2D eigenvalue weighted by Crippen LogP contribution is 2.38. The number of hydrogen-bond acceptors (Lipinski definition) is 2. The van der Waals surface area contributed by atoms with Crippen molar-refractivity contribution >= 4 is 27.9 Å². The van der Waals surface area contributed by atoms with Crippen LogP contribution in [0.2, 0.25) is 0 Å². The molecule has 0 aromatic heterocycles. The molecule has 130 valence electrons. The van der Waals surface area contributed by atoms with Gasteiger partial charge in [0, 0.05) is 28.7 Å². The molecule has 0 unspecified atom stereocenters. The van der Waals surface area contributed by atoms with E-state index in [-0.39, 0.29) is 0 Å². The van der Waals surface area contributed by atoms with Gasteiger partial charge in [-0.05, 0) is 23.4 Å². The lowest BCUT2D eigenvalue weighted by molar-refractivity contribution is 1.11. The van der Waals surface area contributed by atoms with E-state index in [4.69, 9.17) is 4.99 Å². The van der Waals surface area contributed by atoms with Gasteiger partial charge in [-0.1, -0.05) is 84.9 Å². The van der Waals surface area contributed by atoms with E-state index in [9.17, 15) is 0 Å². The molecule has 2 nitrogen and oxygen atoms in total. The normalized spacial score (nSPS) is 12.4. The van der Waals surface area contributed by atoms with Crippen LogP contribution in [0.15, 0.2) is 96.0 Å². The molecule has 0 fully saturated rings. The number of hydrogen-bond donors (Lipinski definition) is 1. The standard InChI is InChI=1S/C25H20N2/c1-3-9-18(10-4-1)25(19-11-5-2-6-12-19)27-24-17-23-22(15-16-26-23)20-13-7-8-14-21(20)24/h1-14,17,26H,15-16H2. The predicted octanol–water partition coefficient (Wildman–Crippen LogP) is 5.98. The number of nitrogens with one attached hydrogen (secondary N) is 1. The largest absolute Gasteiger partial charge is 0.384 e. The van der Waals surface area contributed by atoms with E-state index in [0.717, 1.165) is 35.5 Å². The van der Waals surface area contributed by atoms with Gasteiger partial charge in [-0.2, -0.15) is 0 Å². The van der Waals surface area contributed by atoms with Crippen molar-refractivity contribution in [3.63, 3.8) is 0 Å². The van der Waals surface area contributed by atoms with Crippen molar-refractivity contribution in [1.82, 2.24) is 0 Å². The van der Waals surface area contributed by atoms with E-state index in [1.54, 1.807) is 0 Å². The van der Waals surface area contributed by atoms with Crippen LogP contribution < -0.4 is 5.32 Å². The van der Waals surface area contributed by atoms with Crippen LogP contribution in [0.4, 0.5) is 11.4 Å². The van der Waals surface area contributed by atoms with Crippen molar-refractivity contribution in [2.75, 3.05) is 11.9 Å². The first kappa shape index (κ1) is 15.8. The molecule has 0 amide bonds. The second kappa shape index (κ2) is 6.73. The van der Waals surface area contributed by atoms with Crippen LogP contribution in [0.1, 0.15) is 16.7 Å². The topological polar surface area (TPSA) is 24.4 Å². The number of nitrogens with zero attached hydrogens (tertiary/aromatic N) is 1. The van der Waals surface area contributed by atoms with Crippen molar-refractivity contribution in [2.24, 2.45) is 4.99 Å². The zero-order chi connectivity index (χ0) is 18.1. The molecule has 4 aromatic rings. The van der Waals surface area contributed by atoms with Crippen LogP contribution in [0.25, 0.3) is 10.8 Å². The van der Waals surface area contributed by atoms with Gasteiger partial charge in [-0.15, -0.1) is 0 Å². The Balaban J connectivity index is 1.77. The third kappa shape index (κ3) is 2.89. The maximum Gasteiger partial charge on any atom is 0.0781 e.